The topological polar surface area (TPSA) is 53.9 Å². The second kappa shape index (κ2) is 4.83. The number of H-pyrrole nitrogens is 1. The van der Waals surface area contributed by atoms with E-state index in [2.05, 4.69) is 21.4 Å². The summed E-state index contributed by atoms with van der Waals surface area (Å²) in [5.74, 6) is 0.747. The number of anilines is 2. The highest BCUT2D eigenvalue weighted by Crippen LogP contribution is 2.27. The van der Waals surface area contributed by atoms with E-state index in [1.54, 1.807) is 6.20 Å². The number of rotatable bonds is 3. The van der Waals surface area contributed by atoms with Gasteiger partial charge in [0.25, 0.3) is 6.01 Å². The van der Waals surface area contributed by atoms with Crippen LogP contribution in [0.4, 0.5) is 11.7 Å². The van der Waals surface area contributed by atoms with Crippen LogP contribution in [0.15, 0.2) is 71.4 Å². The molecule has 2 heterocycles. The molecule has 0 bridgehead atoms. The molecule has 0 spiro atoms. The van der Waals surface area contributed by atoms with Gasteiger partial charge < -0.3 is 14.7 Å². The van der Waals surface area contributed by atoms with E-state index < -0.39 is 0 Å². The van der Waals surface area contributed by atoms with Crippen molar-refractivity contribution < 1.29 is 4.42 Å². The Morgan fingerprint density at radius 1 is 0.952 bits per heavy atom. The molecule has 0 aliphatic carbocycles. The second-order valence-corrected chi connectivity index (χ2v) is 4.77. The summed E-state index contributed by atoms with van der Waals surface area (Å²) in [6.45, 7) is 0. The third kappa shape index (κ3) is 2.17. The monoisotopic (exact) mass is 275 g/mol. The van der Waals surface area contributed by atoms with Gasteiger partial charge in [-0.25, -0.2) is 4.98 Å². The minimum atomic E-state index is 0.482. The van der Waals surface area contributed by atoms with Gasteiger partial charge in [0.05, 0.1) is 17.4 Å². The summed E-state index contributed by atoms with van der Waals surface area (Å²) in [5, 5.41) is 4.36. The fraction of sp³-hybridized carbons (Fsp3) is 0. The third-order valence-electron chi connectivity index (χ3n) is 3.39. The van der Waals surface area contributed by atoms with Gasteiger partial charge in [0.15, 0.2) is 5.76 Å². The molecule has 0 atom stereocenters. The van der Waals surface area contributed by atoms with Gasteiger partial charge in [-0.2, -0.15) is 0 Å². The fourth-order valence-electron chi connectivity index (χ4n) is 2.37. The Kier molecular flexibility index (Phi) is 2.71. The van der Waals surface area contributed by atoms with Crippen molar-refractivity contribution in [1.82, 2.24) is 9.97 Å². The average Bonchev–Trinajstić information content (AvgIpc) is 3.17. The van der Waals surface area contributed by atoms with Crippen LogP contribution in [0, 0.1) is 0 Å². The number of aromatic nitrogens is 2. The first-order chi connectivity index (χ1) is 10.4. The molecular formula is C17H13N3O. The van der Waals surface area contributed by atoms with Crippen molar-refractivity contribution in [1.29, 1.82) is 0 Å². The summed E-state index contributed by atoms with van der Waals surface area (Å²) in [4.78, 5) is 7.50. The molecule has 0 saturated heterocycles. The van der Waals surface area contributed by atoms with Crippen LogP contribution in [0.25, 0.3) is 22.2 Å². The SMILES string of the molecule is c1ccc(-c2cnc(Nc3cccc4cc[nH]c34)o2)cc1. The van der Waals surface area contributed by atoms with Crippen LogP contribution < -0.4 is 5.32 Å². The Hall–Kier alpha value is -3.01. The molecule has 0 fully saturated rings. The van der Waals surface area contributed by atoms with Crippen molar-refractivity contribution in [2.45, 2.75) is 0 Å². The fourth-order valence-corrected chi connectivity index (χ4v) is 2.37. The van der Waals surface area contributed by atoms with Crippen molar-refractivity contribution >= 4 is 22.6 Å². The molecule has 21 heavy (non-hydrogen) atoms. The Labute approximate surface area is 121 Å². The summed E-state index contributed by atoms with van der Waals surface area (Å²) in [6, 6.07) is 18.5. The van der Waals surface area contributed by atoms with Crippen LogP contribution >= 0.6 is 0 Å². The Bertz CT molecular complexity index is 877. The molecule has 0 aliphatic rings. The molecule has 0 unspecified atom stereocenters. The number of aromatic amines is 1. The maximum absolute atomic E-state index is 5.76. The first kappa shape index (κ1) is 11.8. The lowest BCUT2D eigenvalue weighted by Gasteiger charge is -2.03. The van der Waals surface area contributed by atoms with Gasteiger partial charge in [0.1, 0.15) is 0 Å². The largest absolute Gasteiger partial charge is 0.423 e. The van der Waals surface area contributed by atoms with Crippen molar-refractivity contribution in [2.24, 2.45) is 0 Å². The Morgan fingerprint density at radius 3 is 2.76 bits per heavy atom. The molecule has 4 rings (SSSR count). The molecule has 4 nitrogen and oxygen atoms in total. The van der Waals surface area contributed by atoms with Gasteiger partial charge in [-0.05, 0) is 12.1 Å². The predicted molar refractivity (Wildman–Crippen MR) is 83.5 cm³/mol. The molecule has 0 amide bonds. The quantitative estimate of drug-likeness (QED) is 0.576. The lowest BCUT2D eigenvalue weighted by molar-refractivity contribution is 0.592. The van der Waals surface area contributed by atoms with Crippen molar-refractivity contribution in [2.75, 3.05) is 5.32 Å². The number of nitrogens with zero attached hydrogens (tertiary/aromatic N) is 1. The van der Waals surface area contributed by atoms with E-state index >= 15 is 0 Å². The van der Waals surface area contributed by atoms with Crippen LogP contribution in [-0.2, 0) is 0 Å². The number of oxazole rings is 1. The zero-order chi connectivity index (χ0) is 14.1. The molecule has 2 aromatic carbocycles. The smallest absolute Gasteiger partial charge is 0.299 e. The van der Waals surface area contributed by atoms with Crippen LogP contribution in [0.2, 0.25) is 0 Å². The standard InChI is InChI=1S/C17H13N3O/c1-2-5-12(6-3-1)15-11-19-17(21-15)20-14-8-4-7-13-9-10-18-16(13)14/h1-11,18H,(H,19,20). The van der Waals surface area contributed by atoms with E-state index in [-0.39, 0.29) is 0 Å². The molecule has 2 N–H and O–H groups in total. The van der Waals surface area contributed by atoms with E-state index in [0.717, 1.165) is 27.9 Å². The van der Waals surface area contributed by atoms with Crippen LogP contribution in [0.3, 0.4) is 0 Å². The molecule has 0 radical (unpaired) electrons. The normalized spacial score (nSPS) is 10.9. The Morgan fingerprint density at radius 2 is 1.86 bits per heavy atom. The number of para-hydroxylation sites is 1. The summed E-state index contributed by atoms with van der Waals surface area (Å²) < 4.78 is 5.76. The minimum absolute atomic E-state index is 0.482. The summed E-state index contributed by atoms with van der Waals surface area (Å²) in [5.41, 5.74) is 2.99. The van der Waals surface area contributed by atoms with Gasteiger partial charge in [-0.15, -0.1) is 0 Å². The highest BCUT2D eigenvalue weighted by molar-refractivity contribution is 5.92. The van der Waals surface area contributed by atoms with E-state index in [1.807, 2.05) is 54.7 Å². The predicted octanol–water partition coefficient (Wildman–Crippen LogP) is 4.57. The second-order valence-electron chi connectivity index (χ2n) is 4.77. The maximum Gasteiger partial charge on any atom is 0.299 e. The summed E-state index contributed by atoms with van der Waals surface area (Å²) in [7, 11) is 0. The van der Waals surface area contributed by atoms with E-state index in [9.17, 15) is 0 Å². The van der Waals surface area contributed by atoms with Crippen LogP contribution in [-0.4, -0.2) is 9.97 Å². The van der Waals surface area contributed by atoms with Gasteiger partial charge in [-0.1, -0.05) is 42.5 Å². The number of hydrogen-bond acceptors (Lipinski definition) is 3. The molecule has 0 saturated carbocycles. The number of hydrogen-bond donors (Lipinski definition) is 2. The van der Waals surface area contributed by atoms with Crippen molar-refractivity contribution in [3.05, 3.63) is 67.0 Å². The minimum Gasteiger partial charge on any atom is -0.423 e. The van der Waals surface area contributed by atoms with Crippen LogP contribution in [0.1, 0.15) is 0 Å². The molecule has 0 aliphatic heterocycles. The zero-order valence-electron chi connectivity index (χ0n) is 11.2. The van der Waals surface area contributed by atoms with Crippen LogP contribution in [0.5, 0.6) is 0 Å². The zero-order valence-corrected chi connectivity index (χ0v) is 11.2. The lowest BCUT2D eigenvalue weighted by atomic mass is 10.2. The third-order valence-corrected chi connectivity index (χ3v) is 3.39. The van der Waals surface area contributed by atoms with Gasteiger partial charge in [0, 0.05) is 17.1 Å². The maximum atomic E-state index is 5.76. The molecule has 4 heteroatoms. The van der Waals surface area contributed by atoms with E-state index in [0.29, 0.717) is 6.01 Å². The first-order valence-electron chi connectivity index (χ1n) is 6.74. The van der Waals surface area contributed by atoms with E-state index in [4.69, 9.17) is 4.42 Å². The number of benzene rings is 2. The summed E-state index contributed by atoms with van der Waals surface area (Å²) >= 11 is 0. The first-order valence-corrected chi connectivity index (χ1v) is 6.74. The lowest BCUT2D eigenvalue weighted by Crippen LogP contribution is -1.90. The molecule has 102 valence electrons. The van der Waals surface area contributed by atoms with Crippen molar-refractivity contribution in [3.63, 3.8) is 0 Å². The van der Waals surface area contributed by atoms with Gasteiger partial charge >= 0.3 is 0 Å². The highest BCUT2D eigenvalue weighted by Gasteiger charge is 2.08. The highest BCUT2D eigenvalue weighted by atomic mass is 16.4. The van der Waals surface area contributed by atoms with Gasteiger partial charge in [0.2, 0.25) is 0 Å². The average molecular weight is 275 g/mol. The molecular weight excluding hydrogens is 262 g/mol. The number of nitrogens with one attached hydrogen (secondary N) is 2. The molecule has 2 aromatic heterocycles. The Balaban J connectivity index is 1.66. The van der Waals surface area contributed by atoms with Gasteiger partial charge in [-0.3, -0.25) is 0 Å². The summed E-state index contributed by atoms with van der Waals surface area (Å²) in [6.07, 6.45) is 3.65. The molecule has 4 aromatic rings. The van der Waals surface area contributed by atoms with E-state index in [1.165, 1.54) is 0 Å². The van der Waals surface area contributed by atoms with Crippen molar-refractivity contribution in [3.8, 4) is 11.3 Å². The number of fused-ring (bicyclic) bond motifs is 1.